The quantitative estimate of drug-likeness (QED) is 0.541. The van der Waals surface area contributed by atoms with Crippen LogP contribution in [0.15, 0.2) is 48.8 Å². The largest absolute Gasteiger partial charge is 0.280 e. The van der Waals surface area contributed by atoms with Crippen LogP contribution in [-0.2, 0) is 13.6 Å². The smallest absolute Gasteiger partial charge is 0.276 e. The molecule has 0 saturated heterocycles. The standard InChI is InChI=1S/C20H19N5OS/c1-13-7-8-14(2)18-17(13)22-20(27-18)25(12-15-6-4-5-10-21-15)19(26)16-9-11-24(3)23-16/h4-11H,12H2,1-3H3. The van der Waals surface area contributed by atoms with E-state index in [1.807, 2.05) is 25.1 Å². The highest BCUT2D eigenvalue weighted by Gasteiger charge is 2.24. The summed E-state index contributed by atoms with van der Waals surface area (Å²) in [5.41, 5.74) is 4.38. The minimum Gasteiger partial charge on any atom is -0.276 e. The second kappa shape index (κ2) is 6.92. The SMILES string of the molecule is Cc1ccc(C)c2sc(N(Cc3ccccn3)C(=O)c3ccn(C)n3)nc12. The van der Waals surface area contributed by atoms with Crippen LogP contribution in [0, 0.1) is 13.8 Å². The summed E-state index contributed by atoms with van der Waals surface area (Å²) in [5, 5.41) is 4.93. The highest BCUT2D eigenvalue weighted by molar-refractivity contribution is 7.22. The van der Waals surface area contributed by atoms with E-state index >= 15 is 0 Å². The fourth-order valence-corrected chi connectivity index (χ4v) is 4.02. The Labute approximate surface area is 161 Å². The number of anilines is 1. The van der Waals surface area contributed by atoms with Crippen molar-refractivity contribution in [2.24, 2.45) is 7.05 Å². The Kier molecular flexibility index (Phi) is 4.45. The Morgan fingerprint density at radius 1 is 1.15 bits per heavy atom. The molecule has 3 heterocycles. The number of hydrogen-bond acceptors (Lipinski definition) is 5. The van der Waals surface area contributed by atoms with Gasteiger partial charge in [0.25, 0.3) is 5.91 Å². The van der Waals surface area contributed by atoms with Gasteiger partial charge in [-0.3, -0.25) is 19.4 Å². The third-order valence-electron chi connectivity index (χ3n) is 4.39. The zero-order valence-corrected chi connectivity index (χ0v) is 16.2. The molecule has 0 saturated carbocycles. The van der Waals surface area contributed by atoms with Crippen molar-refractivity contribution >= 4 is 32.6 Å². The third kappa shape index (κ3) is 3.33. The number of carbonyl (C=O) groups excluding carboxylic acids is 1. The van der Waals surface area contributed by atoms with Crippen LogP contribution in [-0.4, -0.2) is 25.7 Å². The number of aryl methyl sites for hydroxylation is 3. The summed E-state index contributed by atoms with van der Waals surface area (Å²) in [6.07, 6.45) is 3.49. The van der Waals surface area contributed by atoms with Gasteiger partial charge in [-0.05, 0) is 43.2 Å². The van der Waals surface area contributed by atoms with Crippen molar-refractivity contribution in [1.82, 2.24) is 19.7 Å². The summed E-state index contributed by atoms with van der Waals surface area (Å²) >= 11 is 1.53. The second-order valence-electron chi connectivity index (χ2n) is 6.46. The molecule has 0 spiro atoms. The van der Waals surface area contributed by atoms with Crippen LogP contribution in [0.5, 0.6) is 0 Å². The van der Waals surface area contributed by atoms with Crippen molar-refractivity contribution in [3.8, 4) is 0 Å². The molecule has 3 aromatic heterocycles. The number of hydrogen-bond donors (Lipinski definition) is 0. The van der Waals surface area contributed by atoms with Gasteiger partial charge in [0.15, 0.2) is 10.8 Å². The van der Waals surface area contributed by atoms with E-state index in [0.717, 1.165) is 27.0 Å². The van der Waals surface area contributed by atoms with Gasteiger partial charge >= 0.3 is 0 Å². The van der Waals surface area contributed by atoms with E-state index < -0.39 is 0 Å². The Bertz CT molecular complexity index is 1080. The summed E-state index contributed by atoms with van der Waals surface area (Å²) in [5.74, 6) is -0.185. The molecule has 0 fully saturated rings. The number of amides is 1. The first-order chi connectivity index (χ1) is 13.0. The number of aromatic nitrogens is 4. The van der Waals surface area contributed by atoms with Gasteiger partial charge in [0.1, 0.15) is 0 Å². The molecule has 0 radical (unpaired) electrons. The van der Waals surface area contributed by atoms with E-state index in [2.05, 4.69) is 29.1 Å². The average Bonchev–Trinajstić information content (AvgIpc) is 3.30. The third-order valence-corrected chi connectivity index (χ3v) is 5.60. The summed E-state index contributed by atoms with van der Waals surface area (Å²) in [6.45, 7) is 4.44. The van der Waals surface area contributed by atoms with Crippen LogP contribution in [0.4, 0.5) is 5.13 Å². The lowest BCUT2D eigenvalue weighted by atomic mass is 10.1. The molecule has 27 heavy (non-hydrogen) atoms. The van der Waals surface area contributed by atoms with Crippen LogP contribution in [0.1, 0.15) is 27.3 Å². The molecule has 0 N–H and O–H groups in total. The first-order valence-corrected chi connectivity index (χ1v) is 9.43. The van der Waals surface area contributed by atoms with Crippen molar-refractivity contribution in [3.63, 3.8) is 0 Å². The molecular formula is C20H19N5OS. The predicted octanol–water partition coefficient (Wildman–Crippen LogP) is 3.89. The molecule has 1 amide bonds. The Morgan fingerprint density at radius 3 is 2.63 bits per heavy atom. The summed E-state index contributed by atoms with van der Waals surface area (Å²) in [4.78, 5) is 24.0. The lowest BCUT2D eigenvalue weighted by Crippen LogP contribution is -2.31. The van der Waals surface area contributed by atoms with Crippen LogP contribution < -0.4 is 4.90 Å². The second-order valence-corrected chi connectivity index (χ2v) is 7.44. The molecule has 1 aromatic carbocycles. The Hall–Kier alpha value is -3.06. The van der Waals surface area contributed by atoms with E-state index in [1.54, 1.807) is 35.1 Å². The van der Waals surface area contributed by atoms with Gasteiger partial charge in [0.05, 0.1) is 22.5 Å². The lowest BCUT2D eigenvalue weighted by molar-refractivity contribution is 0.0979. The lowest BCUT2D eigenvalue weighted by Gasteiger charge is -2.18. The van der Waals surface area contributed by atoms with Gasteiger partial charge in [-0.15, -0.1) is 0 Å². The minimum absolute atomic E-state index is 0.185. The number of nitrogens with zero attached hydrogens (tertiary/aromatic N) is 5. The predicted molar refractivity (Wildman–Crippen MR) is 107 cm³/mol. The van der Waals surface area contributed by atoms with E-state index in [-0.39, 0.29) is 5.91 Å². The highest BCUT2D eigenvalue weighted by atomic mass is 32.1. The fourth-order valence-electron chi connectivity index (χ4n) is 2.91. The molecule has 6 nitrogen and oxygen atoms in total. The average molecular weight is 377 g/mol. The maximum Gasteiger partial charge on any atom is 0.280 e. The Morgan fingerprint density at radius 2 is 1.96 bits per heavy atom. The summed E-state index contributed by atoms with van der Waals surface area (Å²) < 4.78 is 2.73. The number of thiazole rings is 1. The van der Waals surface area contributed by atoms with E-state index in [9.17, 15) is 4.79 Å². The highest BCUT2D eigenvalue weighted by Crippen LogP contribution is 2.34. The zero-order chi connectivity index (χ0) is 19.0. The van der Waals surface area contributed by atoms with Crippen molar-refractivity contribution in [2.45, 2.75) is 20.4 Å². The Balaban J connectivity index is 1.81. The molecule has 0 bridgehead atoms. The number of benzene rings is 1. The molecule has 0 unspecified atom stereocenters. The molecule has 7 heteroatoms. The van der Waals surface area contributed by atoms with Crippen LogP contribution >= 0.6 is 11.3 Å². The molecule has 136 valence electrons. The molecule has 0 aliphatic carbocycles. The van der Waals surface area contributed by atoms with Gasteiger partial charge in [0.2, 0.25) is 0 Å². The minimum atomic E-state index is -0.185. The van der Waals surface area contributed by atoms with Gasteiger partial charge in [-0.1, -0.05) is 29.5 Å². The zero-order valence-electron chi connectivity index (χ0n) is 15.4. The number of rotatable bonds is 4. The van der Waals surface area contributed by atoms with Gasteiger partial charge in [-0.2, -0.15) is 5.10 Å². The van der Waals surface area contributed by atoms with Crippen molar-refractivity contribution in [3.05, 3.63) is 71.3 Å². The van der Waals surface area contributed by atoms with Crippen LogP contribution in [0.3, 0.4) is 0 Å². The van der Waals surface area contributed by atoms with Gasteiger partial charge < -0.3 is 0 Å². The first-order valence-electron chi connectivity index (χ1n) is 8.61. The van der Waals surface area contributed by atoms with E-state index in [1.165, 1.54) is 11.3 Å². The maximum absolute atomic E-state index is 13.2. The maximum atomic E-state index is 13.2. The number of carbonyl (C=O) groups is 1. The molecule has 4 rings (SSSR count). The van der Waals surface area contributed by atoms with E-state index in [4.69, 9.17) is 4.98 Å². The van der Waals surface area contributed by atoms with E-state index in [0.29, 0.717) is 17.4 Å². The normalized spacial score (nSPS) is 11.1. The monoisotopic (exact) mass is 377 g/mol. The summed E-state index contributed by atoms with van der Waals surface area (Å²) in [7, 11) is 1.80. The van der Waals surface area contributed by atoms with Crippen molar-refractivity contribution in [2.75, 3.05) is 4.90 Å². The molecule has 0 aliphatic rings. The summed E-state index contributed by atoms with van der Waals surface area (Å²) in [6, 6.07) is 11.5. The van der Waals surface area contributed by atoms with Crippen LogP contribution in [0.2, 0.25) is 0 Å². The number of pyridine rings is 1. The fraction of sp³-hybridized carbons (Fsp3) is 0.200. The molecule has 0 aliphatic heterocycles. The van der Waals surface area contributed by atoms with Crippen molar-refractivity contribution in [1.29, 1.82) is 0 Å². The van der Waals surface area contributed by atoms with Gasteiger partial charge in [0, 0.05) is 19.4 Å². The molecule has 4 aromatic rings. The van der Waals surface area contributed by atoms with Crippen molar-refractivity contribution < 1.29 is 4.79 Å². The topological polar surface area (TPSA) is 63.9 Å². The van der Waals surface area contributed by atoms with Crippen LogP contribution in [0.25, 0.3) is 10.2 Å². The first kappa shape index (κ1) is 17.4. The molecular weight excluding hydrogens is 358 g/mol. The number of fused-ring (bicyclic) bond motifs is 1. The molecule has 0 atom stereocenters. The van der Waals surface area contributed by atoms with Gasteiger partial charge in [-0.25, -0.2) is 4.98 Å².